The first-order valence-electron chi connectivity index (χ1n) is 5.50. The van der Waals surface area contributed by atoms with E-state index in [9.17, 15) is 9.59 Å². The van der Waals surface area contributed by atoms with Crippen LogP contribution in [0.5, 0.6) is 0 Å². The number of imidazole rings is 1. The molecule has 1 heterocycles. The fourth-order valence-corrected chi connectivity index (χ4v) is 1.54. The molecule has 0 saturated heterocycles. The van der Waals surface area contributed by atoms with Crippen LogP contribution in [0, 0.1) is 0 Å². The number of carbonyl (C=O) groups is 2. The number of carbonyl (C=O) groups excluding carboxylic acids is 2. The second-order valence-electron chi connectivity index (χ2n) is 3.88. The van der Waals surface area contributed by atoms with Gasteiger partial charge in [-0.3, -0.25) is 9.59 Å². The summed E-state index contributed by atoms with van der Waals surface area (Å²) in [6.07, 6.45) is 4.25. The van der Waals surface area contributed by atoms with Crippen LogP contribution in [0.2, 0.25) is 0 Å². The zero-order valence-corrected chi connectivity index (χ0v) is 9.96. The Morgan fingerprint density at radius 1 is 1.39 bits per heavy atom. The van der Waals surface area contributed by atoms with Gasteiger partial charge in [-0.2, -0.15) is 0 Å². The zero-order chi connectivity index (χ0) is 13.0. The van der Waals surface area contributed by atoms with Crippen molar-refractivity contribution >= 4 is 12.2 Å². The molecule has 1 aromatic carbocycles. The topological polar surface area (TPSA) is 64.0 Å². The van der Waals surface area contributed by atoms with Crippen molar-refractivity contribution in [2.75, 3.05) is 0 Å². The van der Waals surface area contributed by atoms with Crippen LogP contribution in [0.1, 0.15) is 26.5 Å². The maximum atomic E-state index is 11.8. The van der Waals surface area contributed by atoms with Crippen LogP contribution in [0.3, 0.4) is 0 Å². The molecule has 0 aliphatic heterocycles. The van der Waals surface area contributed by atoms with Gasteiger partial charge in [0.25, 0.3) is 5.91 Å². The quantitative estimate of drug-likeness (QED) is 0.820. The molecule has 0 saturated carbocycles. The Balaban J connectivity index is 1.99. The molecule has 0 radical (unpaired) electrons. The summed E-state index contributed by atoms with van der Waals surface area (Å²) in [5.41, 5.74) is 1.07. The number of aromatic nitrogens is 2. The van der Waals surface area contributed by atoms with Gasteiger partial charge in [-0.05, 0) is 12.1 Å². The van der Waals surface area contributed by atoms with E-state index in [1.165, 1.54) is 0 Å². The highest BCUT2D eigenvalue weighted by Gasteiger charge is 2.06. The van der Waals surface area contributed by atoms with Gasteiger partial charge in [0.05, 0.1) is 6.54 Å². The molecule has 1 amide bonds. The van der Waals surface area contributed by atoms with E-state index < -0.39 is 0 Å². The maximum Gasteiger partial charge on any atom is 0.251 e. The van der Waals surface area contributed by atoms with Crippen LogP contribution < -0.4 is 5.32 Å². The van der Waals surface area contributed by atoms with E-state index in [0.29, 0.717) is 17.7 Å². The third-order valence-electron chi connectivity index (χ3n) is 2.64. The van der Waals surface area contributed by atoms with Gasteiger partial charge in [-0.1, -0.05) is 12.1 Å². The summed E-state index contributed by atoms with van der Waals surface area (Å²) in [6.45, 7) is 0.373. The molecule has 0 bridgehead atoms. The molecule has 18 heavy (non-hydrogen) atoms. The molecule has 0 atom stereocenters. The molecule has 5 heteroatoms. The van der Waals surface area contributed by atoms with Crippen LogP contribution in [0.4, 0.5) is 0 Å². The van der Waals surface area contributed by atoms with Gasteiger partial charge >= 0.3 is 0 Å². The van der Waals surface area contributed by atoms with Gasteiger partial charge in [-0.15, -0.1) is 0 Å². The molecule has 0 fully saturated rings. The van der Waals surface area contributed by atoms with E-state index in [-0.39, 0.29) is 5.91 Å². The molecule has 0 spiro atoms. The lowest BCUT2D eigenvalue weighted by atomic mass is 10.1. The van der Waals surface area contributed by atoms with Gasteiger partial charge in [0.2, 0.25) is 0 Å². The molecule has 92 valence electrons. The van der Waals surface area contributed by atoms with Crippen LogP contribution >= 0.6 is 0 Å². The Morgan fingerprint density at radius 3 is 2.67 bits per heavy atom. The van der Waals surface area contributed by atoms with Gasteiger partial charge < -0.3 is 9.88 Å². The van der Waals surface area contributed by atoms with Gasteiger partial charge in [0, 0.05) is 30.6 Å². The lowest BCUT2D eigenvalue weighted by Crippen LogP contribution is -2.24. The van der Waals surface area contributed by atoms with E-state index in [1.807, 2.05) is 17.8 Å². The molecular formula is C13H13N3O2. The summed E-state index contributed by atoms with van der Waals surface area (Å²) in [6, 6.07) is 6.47. The van der Waals surface area contributed by atoms with Gasteiger partial charge in [0.1, 0.15) is 12.1 Å². The van der Waals surface area contributed by atoms with Gasteiger partial charge in [-0.25, -0.2) is 4.98 Å². The molecule has 2 rings (SSSR count). The van der Waals surface area contributed by atoms with Crippen LogP contribution in [-0.4, -0.2) is 21.7 Å². The SMILES string of the molecule is Cn1ccnc1CNC(=O)c1ccc(C=O)cc1. The molecule has 0 aliphatic carbocycles. The fraction of sp³-hybridized carbons (Fsp3) is 0.154. The van der Waals surface area contributed by atoms with E-state index in [2.05, 4.69) is 10.3 Å². The highest BCUT2D eigenvalue weighted by atomic mass is 16.1. The number of aldehydes is 1. The number of nitrogens with one attached hydrogen (secondary N) is 1. The Kier molecular flexibility index (Phi) is 3.52. The third kappa shape index (κ3) is 2.63. The van der Waals surface area contributed by atoms with Crippen molar-refractivity contribution in [3.8, 4) is 0 Å². The van der Waals surface area contributed by atoms with E-state index in [4.69, 9.17) is 0 Å². The minimum atomic E-state index is -0.185. The van der Waals surface area contributed by atoms with Crippen molar-refractivity contribution in [2.45, 2.75) is 6.54 Å². The molecule has 2 aromatic rings. The number of amides is 1. The van der Waals surface area contributed by atoms with Crippen molar-refractivity contribution in [3.05, 3.63) is 53.6 Å². The molecular weight excluding hydrogens is 230 g/mol. The predicted molar refractivity (Wildman–Crippen MR) is 66.2 cm³/mol. The third-order valence-corrected chi connectivity index (χ3v) is 2.64. The number of hydrogen-bond donors (Lipinski definition) is 1. The lowest BCUT2D eigenvalue weighted by molar-refractivity contribution is 0.0949. The zero-order valence-electron chi connectivity index (χ0n) is 9.96. The number of nitrogens with zero attached hydrogens (tertiary/aromatic N) is 2. The maximum absolute atomic E-state index is 11.8. The number of rotatable bonds is 4. The van der Waals surface area contributed by atoms with Crippen molar-refractivity contribution < 1.29 is 9.59 Å². The van der Waals surface area contributed by atoms with Crippen LogP contribution in [0.15, 0.2) is 36.7 Å². The highest BCUT2D eigenvalue weighted by molar-refractivity contribution is 5.94. The summed E-state index contributed by atoms with van der Waals surface area (Å²) >= 11 is 0. The van der Waals surface area contributed by atoms with E-state index in [0.717, 1.165) is 12.1 Å². The molecule has 1 N–H and O–H groups in total. The van der Waals surface area contributed by atoms with Crippen molar-refractivity contribution in [1.29, 1.82) is 0 Å². The number of aryl methyl sites for hydroxylation is 1. The largest absolute Gasteiger partial charge is 0.345 e. The van der Waals surface area contributed by atoms with Crippen LogP contribution in [0.25, 0.3) is 0 Å². The first-order chi connectivity index (χ1) is 8.70. The number of hydrogen-bond acceptors (Lipinski definition) is 3. The predicted octanol–water partition coefficient (Wildman–Crippen LogP) is 1.16. The van der Waals surface area contributed by atoms with Crippen molar-refractivity contribution in [2.24, 2.45) is 7.05 Å². The first-order valence-corrected chi connectivity index (χ1v) is 5.50. The Bertz CT molecular complexity index is 558. The minimum Gasteiger partial charge on any atom is -0.345 e. The average molecular weight is 243 g/mol. The fourth-order valence-electron chi connectivity index (χ4n) is 1.54. The summed E-state index contributed by atoms with van der Waals surface area (Å²) < 4.78 is 1.84. The van der Waals surface area contributed by atoms with Crippen molar-refractivity contribution in [3.63, 3.8) is 0 Å². The van der Waals surface area contributed by atoms with Crippen LogP contribution in [-0.2, 0) is 13.6 Å². The summed E-state index contributed by atoms with van der Waals surface area (Å²) in [7, 11) is 1.87. The molecule has 0 aliphatic rings. The summed E-state index contributed by atoms with van der Waals surface area (Å²) in [4.78, 5) is 26.4. The van der Waals surface area contributed by atoms with Gasteiger partial charge in [0.15, 0.2) is 0 Å². The Morgan fingerprint density at radius 2 is 2.11 bits per heavy atom. The lowest BCUT2D eigenvalue weighted by Gasteiger charge is -2.05. The Hall–Kier alpha value is -2.43. The second-order valence-corrected chi connectivity index (χ2v) is 3.88. The molecule has 0 unspecified atom stereocenters. The molecule has 1 aromatic heterocycles. The summed E-state index contributed by atoms with van der Waals surface area (Å²) in [5, 5.41) is 2.77. The smallest absolute Gasteiger partial charge is 0.251 e. The second kappa shape index (κ2) is 5.27. The monoisotopic (exact) mass is 243 g/mol. The summed E-state index contributed by atoms with van der Waals surface area (Å²) in [5.74, 6) is 0.600. The first kappa shape index (κ1) is 12.0. The Labute approximate surface area is 104 Å². The van der Waals surface area contributed by atoms with Crippen molar-refractivity contribution in [1.82, 2.24) is 14.9 Å². The number of benzene rings is 1. The standard InChI is InChI=1S/C13H13N3O2/c1-16-7-6-14-12(16)8-15-13(18)11-4-2-10(9-17)3-5-11/h2-7,9H,8H2,1H3,(H,15,18). The molecule has 5 nitrogen and oxygen atoms in total. The minimum absolute atomic E-state index is 0.185. The van der Waals surface area contributed by atoms with E-state index in [1.54, 1.807) is 30.5 Å². The highest BCUT2D eigenvalue weighted by Crippen LogP contribution is 2.03. The van der Waals surface area contributed by atoms with E-state index >= 15 is 0 Å². The normalized spacial score (nSPS) is 10.1. The average Bonchev–Trinajstić information content (AvgIpc) is 2.81.